The Morgan fingerprint density at radius 2 is 2.25 bits per heavy atom. The molecule has 1 saturated heterocycles. The SMILES string of the molecule is C=CCC(NC(=O)N1CCCC1C(=O)OCC)C(=O)O. The average Bonchev–Trinajstić information content (AvgIpc) is 2.87. The second-order valence-corrected chi connectivity index (χ2v) is 4.47. The number of carbonyl (C=O) groups excluding carboxylic acids is 2. The molecule has 0 aromatic heterocycles. The van der Waals surface area contributed by atoms with Gasteiger partial charge < -0.3 is 20.1 Å². The van der Waals surface area contributed by atoms with E-state index < -0.39 is 30.1 Å². The standard InChI is InChI=1S/C13H20N2O5/c1-3-6-9(11(16)17)14-13(19)15-8-5-7-10(15)12(18)20-4-2/h3,9-10H,1,4-8H2,2H3,(H,14,19)(H,16,17). The molecule has 0 bridgehead atoms. The molecule has 20 heavy (non-hydrogen) atoms. The molecule has 112 valence electrons. The van der Waals surface area contributed by atoms with Gasteiger partial charge in [-0.3, -0.25) is 0 Å². The maximum absolute atomic E-state index is 12.1. The lowest BCUT2D eigenvalue weighted by atomic mass is 10.2. The van der Waals surface area contributed by atoms with Gasteiger partial charge in [-0.05, 0) is 26.2 Å². The third kappa shape index (κ3) is 3.97. The number of carboxylic acids is 1. The fraction of sp³-hybridized carbons (Fsp3) is 0.615. The van der Waals surface area contributed by atoms with Crippen LogP contribution in [0.5, 0.6) is 0 Å². The third-order valence-corrected chi connectivity index (χ3v) is 3.07. The number of likely N-dealkylation sites (tertiary alicyclic amines) is 1. The molecule has 1 heterocycles. The van der Waals surface area contributed by atoms with Crippen LogP contribution in [0, 0.1) is 0 Å². The van der Waals surface area contributed by atoms with Crippen molar-refractivity contribution in [2.45, 2.75) is 38.3 Å². The van der Waals surface area contributed by atoms with Crippen molar-refractivity contribution in [2.75, 3.05) is 13.2 Å². The summed E-state index contributed by atoms with van der Waals surface area (Å²) in [6, 6.07) is -2.23. The van der Waals surface area contributed by atoms with Crippen LogP contribution in [-0.2, 0) is 14.3 Å². The van der Waals surface area contributed by atoms with Crippen LogP contribution in [0.1, 0.15) is 26.2 Å². The first-order valence-electron chi connectivity index (χ1n) is 6.58. The second-order valence-electron chi connectivity index (χ2n) is 4.47. The Kier molecular flexibility index (Phi) is 6.02. The fourth-order valence-electron chi connectivity index (χ4n) is 2.11. The van der Waals surface area contributed by atoms with Crippen molar-refractivity contribution in [3.8, 4) is 0 Å². The Labute approximate surface area is 117 Å². The van der Waals surface area contributed by atoms with Crippen LogP contribution in [0.25, 0.3) is 0 Å². The molecule has 0 aromatic rings. The lowest BCUT2D eigenvalue weighted by molar-refractivity contribution is -0.147. The largest absolute Gasteiger partial charge is 0.480 e. The number of carboxylic acid groups (broad SMARTS) is 1. The van der Waals surface area contributed by atoms with Gasteiger partial charge in [0.15, 0.2) is 0 Å². The van der Waals surface area contributed by atoms with Gasteiger partial charge >= 0.3 is 18.0 Å². The zero-order valence-electron chi connectivity index (χ0n) is 11.5. The van der Waals surface area contributed by atoms with Crippen LogP contribution in [-0.4, -0.2) is 53.2 Å². The maximum Gasteiger partial charge on any atom is 0.328 e. The number of nitrogens with one attached hydrogen (secondary N) is 1. The predicted molar refractivity (Wildman–Crippen MR) is 71.1 cm³/mol. The van der Waals surface area contributed by atoms with Crippen molar-refractivity contribution >= 4 is 18.0 Å². The predicted octanol–water partition coefficient (Wildman–Crippen LogP) is 0.753. The van der Waals surface area contributed by atoms with Gasteiger partial charge in [-0.1, -0.05) is 6.08 Å². The summed E-state index contributed by atoms with van der Waals surface area (Å²) in [6.07, 6.45) is 2.77. The molecule has 1 rings (SSSR count). The highest BCUT2D eigenvalue weighted by molar-refractivity contribution is 5.87. The summed E-state index contributed by atoms with van der Waals surface area (Å²) < 4.78 is 4.91. The fourth-order valence-corrected chi connectivity index (χ4v) is 2.11. The number of hydrogen-bond donors (Lipinski definition) is 2. The van der Waals surface area contributed by atoms with Crippen molar-refractivity contribution in [1.29, 1.82) is 0 Å². The van der Waals surface area contributed by atoms with E-state index in [-0.39, 0.29) is 13.0 Å². The maximum atomic E-state index is 12.1. The zero-order chi connectivity index (χ0) is 15.1. The molecular weight excluding hydrogens is 264 g/mol. The van der Waals surface area contributed by atoms with Gasteiger partial charge in [-0.25, -0.2) is 14.4 Å². The molecule has 0 radical (unpaired) electrons. The summed E-state index contributed by atoms with van der Waals surface area (Å²) in [7, 11) is 0. The molecule has 0 spiro atoms. The Morgan fingerprint density at radius 1 is 1.55 bits per heavy atom. The van der Waals surface area contributed by atoms with Crippen molar-refractivity contribution in [3.05, 3.63) is 12.7 Å². The number of hydrogen-bond acceptors (Lipinski definition) is 4. The normalized spacial score (nSPS) is 19.2. The van der Waals surface area contributed by atoms with E-state index in [9.17, 15) is 14.4 Å². The van der Waals surface area contributed by atoms with Crippen molar-refractivity contribution < 1.29 is 24.2 Å². The van der Waals surface area contributed by atoms with Crippen LogP contribution in [0.15, 0.2) is 12.7 Å². The van der Waals surface area contributed by atoms with Crippen molar-refractivity contribution in [3.63, 3.8) is 0 Å². The highest BCUT2D eigenvalue weighted by atomic mass is 16.5. The molecule has 0 saturated carbocycles. The van der Waals surface area contributed by atoms with Gasteiger partial charge in [-0.2, -0.15) is 0 Å². The molecule has 2 atom stereocenters. The number of ether oxygens (including phenoxy) is 1. The minimum Gasteiger partial charge on any atom is -0.480 e. The first-order chi connectivity index (χ1) is 9.51. The Hall–Kier alpha value is -2.05. The number of amides is 2. The number of carbonyl (C=O) groups is 3. The molecule has 7 heteroatoms. The molecule has 0 aliphatic carbocycles. The first kappa shape index (κ1) is 16.0. The van der Waals surface area contributed by atoms with Crippen LogP contribution in [0.3, 0.4) is 0 Å². The van der Waals surface area contributed by atoms with Crippen LogP contribution in [0.2, 0.25) is 0 Å². The number of aliphatic carboxylic acids is 1. The molecule has 2 unspecified atom stereocenters. The molecule has 1 fully saturated rings. The summed E-state index contributed by atoms with van der Waals surface area (Å²) in [4.78, 5) is 36.1. The third-order valence-electron chi connectivity index (χ3n) is 3.07. The van der Waals surface area contributed by atoms with Crippen molar-refractivity contribution in [1.82, 2.24) is 10.2 Å². The summed E-state index contributed by atoms with van der Waals surface area (Å²) >= 11 is 0. The smallest absolute Gasteiger partial charge is 0.328 e. The van der Waals surface area contributed by atoms with Gasteiger partial charge in [0.2, 0.25) is 0 Å². The highest BCUT2D eigenvalue weighted by Crippen LogP contribution is 2.18. The second kappa shape index (κ2) is 7.52. The van der Waals surface area contributed by atoms with E-state index in [1.54, 1.807) is 6.92 Å². The molecular formula is C13H20N2O5. The Bertz CT molecular complexity index is 396. The molecule has 0 aromatic carbocycles. The molecule has 1 aliphatic heterocycles. The van der Waals surface area contributed by atoms with Gasteiger partial charge in [-0.15, -0.1) is 6.58 Å². The van der Waals surface area contributed by atoms with Crippen molar-refractivity contribution in [2.24, 2.45) is 0 Å². The number of esters is 1. The minimum absolute atomic E-state index is 0.124. The lowest BCUT2D eigenvalue weighted by Crippen LogP contribution is -2.51. The van der Waals surface area contributed by atoms with E-state index in [4.69, 9.17) is 9.84 Å². The molecule has 1 aliphatic rings. The monoisotopic (exact) mass is 284 g/mol. The Morgan fingerprint density at radius 3 is 2.80 bits per heavy atom. The topological polar surface area (TPSA) is 95.9 Å². The zero-order valence-corrected chi connectivity index (χ0v) is 11.5. The van der Waals surface area contributed by atoms with Gasteiger partial charge in [0, 0.05) is 6.54 Å². The van der Waals surface area contributed by atoms with Crippen LogP contribution in [0.4, 0.5) is 4.79 Å². The van der Waals surface area contributed by atoms with E-state index in [0.717, 1.165) is 0 Å². The molecule has 7 nitrogen and oxygen atoms in total. The van der Waals surface area contributed by atoms with E-state index in [1.807, 2.05) is 0 Å². The quantitative estimate of drug-likeness (QED) is 0.554. The number of rotatable bonds is 6. The van der Waals surface area contributed by atoms with Crippen LogP contribution < -0.4 is 5.32 Å². The summed E-state index contributed by atoms with van der Waals surface area (Å²) in [5, 5.41) is 11.4. The minimum atomic E-state index is -1.13. The van der Waals surface area contributed by atoms with Gasteiger partial charge in [0.05, 0.1) is 6.61 Å². The summed E-state index contributed by atoms with van der Waals surface area (Å²) in [5.41, 5.74) is 0. The number of nitrogens with zero attached hydrogens (tertiary/aromatic N) is 1. The van der Waals surface area contributed by atoms with E-state index in [0.29, 0.717) is 19.4 Å². The summed E-state index contributed by atoms with van der Waals surface area (Å²) in [6.45, 7) is 5.81. The summed E-state index contributed by atoms with van der Waals surface area (Å²) in [5.74, 6) is -1.58. The van der Waals surface area contributed by atoms with E-state index in [1.165, 1.54) is 11.0 Å². The van der Waals surface area contributed by atoms with Gasteiger partial charge in [0.1, 0.15) is 12.1 Å². The Balaban J connectivity index is 2.67. The van der Waals surface area contributed by atoms with E-state index in [2.05, 4.69) is 11.9 Å². The lowest BCUT2D eigenvalue weighted by Gasteiger charge is -2.25. The van der Waals surface area contributed by atoms with Gasteiger partial charge in [0.25, 0.3) is 0 Å². The van der Waals surface area contributed by atoms with Crippen LogP contribution >= 0.6 is 0 Å². The highest BCUT2D eigenvalue weighted by Gasteiger charge is 2.36. The molecule has 2 amide bonds. The number of urea groups is 1. The van der Waals surface area contributed by atoms with E-state index >= 15 is 0 Å². The molecule has 2 N–H and O–H groups in total. The first-order valence-corrected chi connectivity index (χ1v) is 6.58. The average molecular weight is 284 g/mol.